The second-order valence-electron chi connectivity index (χ2n) is 7.45. The predicted octanol–water partition coefficient (Wildman–Crippen LogP) is 3.45. The number of aromatic nitrogens is 2. The molecule has 0 spiro atoms. The molecule has 0 unspecified atom stereocenters. The van der Waals surface area contributed by atoms with Crippen molar-refractivity contribution in [3.8, 4) is 11.5 Å². The molecule has 1 aromatic heterocycles. The van der Waals surface area contributed by atoms with E-state index in [1.807, 2.05) is 43.3 Å². The summed E-state index contributed by atoms with van der Waals surface area (Å²) in [5.74, 6) is 1.09. The Morgan fingerprint density at radius 3 is 2.47 bits per heavy atom. The number of hydrogen-bond acceptors (Lipinski definition) is 6. The topological polar surface area (TPSA) is 74.5 Å². The molecule has 0 saturated carbocycles. The minimum Gasteiger partial charge on any atom is -0.419 e. The van der Waals surface area contributed by atoms with E-state index in [0.717, 1.165) is 31.7 Å². The first-order chi connectivity index (χ1) is 14.6. The number of para-hydroxylation sites is 1. The number of rotatable bonds is 6. The molecule has 7 nitrogen and oxygen atoms in total. The first-order valence-corrected chi connectivity index (χ1v) is 10.3. The van der Waals surface area contributed by atoms with Crippen molar-refractivity contribution >= 4 is 23.2 Å². The van der Waals surface area contributed by atoms with Crippen LogP contribution >= 0.6 is 11.6 Å². The Morgan fingerprint density at radius 1 is 1.03 bits per heavy atom. The highest BCUT2D eigenvalue weighted by Gasteiger charge is 2.21. The number of hydrogen-bond donors (Lipinski definition) is 1. The number of halogens is 1. The Balaban J connectivity index is 1.24. The molecule has 1 N–H and O–H groups in total. The van der Waals surface area contributed by atoms with Gasteiger partial charge in [-0.1, -0.05) is 41.4 Å². The maximum absolute atomic E-state index is 12.3. The van der Waals surface area contributed by atoms with Crippen LogP contribution in [0.5, 0.6) is 0 Å². The number of benzene rings is 2. The molecule has 2 heterocycles. The highest BCUT2D eigenvalue weighted by molar-refractivity contribution is 6.33. The molecule has 156 valence electrons. The predicted molar refractivity (Wildman–Crippen MR) is 116 cm³/mol. The summed E-state index contributed by atoms with van der Waals surface area (Å²) in [6, 6.07) is 15.3. The van der Waals surface area contributed by atoms with E-state index in [9.17, 15) is 4.79 Å². The van der Waals surface area contributed by atoms with Gasteiger partial charge >= 0.3 is 0 Å². The number of piperazine rings is 1. The fraction of sp³-hybridized carbons (Fsp3) is 0.318. The molecule has 1 aliphatic heterocycles. The van der Waals surface area contributed by atoms with Gasteiger partial charge in [0, 0.05) is 31.7 Å². The van der Waals surface area contributed by atoms with E-state index >= 15 is 0 Å². The van der Waals surface area contributed by atoms with E-state index in [2.05, 4.69) is 25.3 Å². The number of anilines is 1. The zero-order chi connectivity index (χ0) is 20.9. The molecule has 0 atom stereocenters. The molecule has 1 aliphatic rings. The number of aryl methyl sites for hydroxylation is 1. The first kappa shape index (κ1) is 20.5. The molecule has 3 aromatic rings. The van der Waals surface area contributed by atoms with Gasteiger partial charge in [0.1, 0.15) is 0 Å². The Morgan fingerprint density at radius 2 is 1.73 bits per heavy atom. The summed E-state index contributed by atoms with van der Waals surface area (Å²) in [5, 5.41) is 11.8. The van der Waals surface area contributed by atoms with Gasteiger partial charge in [0.05, 0.1) is 23.8 Å². The minimum atomic E-state index is -0.0591. The lowest BCUT2D eigenvalue weighted by Gasteiger charge is -2.33. The summed E-state index contributed by atoms with van der Waals surface area (Å²) in [7, 11) is 0. The third-order valence-electron chi connectivity index (χ3n) is 5.10. The molecule has 1 amide bonds. The molecular formula is C22H24ClN5O2. The minimum absolute atomic E-state index is 0.0591. The van der Waals surface area contributed by atoms with Crippen LogP contribution in [0.3, 0.4) is 0 Å². The van der Waals surface area contributed by atoms with Crippen LogP contribution in [0.2, 0.25) is 5.02 Å². The van der Waals surface area contributed by atoms with E-state index in [1.165, 1.54) is 5.56 Å². The molecule has 1 fully saturated rings. The molecule has 30 heavy (non-hydrogen) atoms. The zero-order valence-corrected chi connectivity index (χ0v) is 17.6. The van der Waals surface area contributed by atoms with Crippen LogP contribution in [0.25, 0.3) is 11.5 Å². The van der Waals surface area contributed by atoms with Gasteiger partial charge in [-0.05, 0) is 31.2 Å². The third-order valence-corrected chi connectivity index (χ3v) is 5.43. The summed E-state index contributed by atoms with van der Waals surface area (Å²) in [6.07, 6.45) is 0. The van der Waals surface area contributed by atoms with Crippen LogP contribution in [0.1, 0.15) is 11.5 Å². The van der Waals surface area contributed by atoms with Crippen LogP contribution < -0.4 is 5.32 Å². The van der Waals surface area contributed by atoms with Gasteiger partial charge in [-0.25, -0.2) is 0 Å². The Hall–Kier alpha value is -2.74. The summed E-state index contributed by atoms with van der Waals surface area (Å²) in [4.78, 5) is 16.7. The van der Waals surface area contributed by atoms with Crippen LogP contribution in [-0.4, -0.2) is 58.6 Å². The van der Waals surface area contributed by atoms with E-state index in [0.29, 0.717) is 35.6 Å². The quantitative estimate of drug-likeness (QED) is 0.652. The molecule has 1 saturated heterocycles. The maximum atomic E-state index is 12.3. The Labute approximate surface area is 180 Å². The lowest BCUT2D eigenvalue weighted by molar-refractivity contribution is -0.117. The van der Waals surface area contributed by atoms with Crippen molar-refractivity contribution in [2.75, 3.05) is 38.0 Å². The van der Waals surface area contributed by atoms with Crippen LogP contribution in [0.15, 0.2) is 52.9 Å². The zero-order valence-electron chi connectivity index (χ0n) is 16.8. The number of carbonyl (C=O) groups is 1. The Bertz CT molecular complexity index is 997. The lowest BCUT2D eigenvalue weighted by atomic mass is 10.1. The molecule has 0 bridgehead atoms. The van der Waals surface area contributed by atoms with E-state index in [1.54, 1.807) is 12.1 Å². The smallest absolute Gasteiger partial charge is 0.247 e. The van der Waals surface area contributed by atoms with Crippen LogP contribution in [0, 0.1) is 6.92 Å². The maximum Gasteiger partial charge on any atom is 0.247 e. The summed E-state index contributed by atoms with van der Waals surface area (Å²) in [6.45, 7) is 6.27. The average molecular weight is 426 g/mol. The van der Waals surface area contributed by atoms with Crippen molar-refractivity contribution in [2.45, 2.75) is 13.5 Å². The highest BCUT2D eigenvalue weighted by Crippen LogP contribution is 2.21. The first-order valence-electron chi connectivity index (χ1n) is 9.95. The molecule has 8 heteroatoms. The van der Waals surface area contributed by atoms with Crippen molar-refractivity contribution < 1.29 is 9.21 Å². The summed E-state index contributed by atoms with van der Waals surface area (Å²) >= 11 is 6.10. The number of carbonyl (C=O) groups excluding carboxylic acids is 1. The highest BCUT2D eigenvalue weighted by atomic mass is 35.5. The van der Waals surface area contributed by atoms with Crippen molar-refractivity contribution in [1.29, 1.82) is 0 Å². The van der Waals surface area contributed by atoms with Gasteiger partial charge < -0.3 is 9.73 Å². The number of nitrogens with one attached hydrogen (secondary N) is 1. The van der Waals surface area contributed by atoms with Gasteiger partial charge in [-0.15, -0.1) is 10.2 Å². The van der Waals surface area contributed by atoms with E-state index < -0.39 is 0 Å². The van der Waals surface area contributed by atoms with Gasteiger partial charge in [0.15, 0.2) is 0 Å². The van der Waals surface area contributed by atoms with Crippen molar-refractivity contribution in [3.05, 3.63) is 65.0 Å². The molecule has 0 radical (unpaired) electrons. The van der Waals surface area contributed by atoms with Gasteiger partial charge in [-0.2, -0.15) is 0 Å². The van der Waals surface area contributed by atoms with E-state index in [-0.39, 0.29) is 5.91 Å². The normalized spacial score (nSPS) is 15.3. The largest absolute Gasteiger partial charge is 0.419 e. The molecule has 0 aliphatic carbocycles. The van der Waals surface area contributed by atoms with E-state index in [4.69, 9.17) is 16.0 Å². The monoisotopic (exact) mass is 425 g/mol. The van der Waals surface area contributed by atoms with Crippen molar-refractivity contribution in [1.82, 2.24) is 20.0 Å². The fourth-order valence-electron chi connectivity index (χ4n) is 3.38. The van der Waals surface area contributed by atoms with Crippen LogP contribution in [-0.2, 0) is 11.3 Å². The van der Waals surface area contributed by atoms with Crippen molar-refractivity contribution in [3.63, 3.8) is 0 Å². The van der Waals surface area contributed by atoms with Crippen molar-refractivity contribution in [2.24, 2.45) is 0 Å². The standard InChI is InChI=1S/C22H24ClN5O2/c1-16-6-8-17(9-7-16)22-26-25-21(30-22)15-28-12-10-27(11-13-28)14-20(29)24-19-5-3-2-4-18(19)23/h2-9H,10-15H2,1H3,(H,24,29). The number of nitrogens with zero attached hydrogens (tertiary/aromatic N) is 4. The van der Waals surface area contributed by atoms with Crippen LogP contribution in [0.4, 0.5) is 5.69 Å². The molecule has 4 rings (SSSR count). The second kappa shape index (κ2) is 9.38. The number of amides is 1. The van der Waals surface area contributed by atoms with Gasteiger partial charge in [0.2, 0.25) is 17.7 Å². The third kappa shape index (κ3) is 5.24. The summed E-state index contributed by atoms with van der Waals surface area (Å²) in [5.41, 5.74) is 2.76. The van der Waals surface area contributed by atoms with Gasteiger partial charge in [-0.3, -0.25) is 14.6 Å². The van der Waals surface area contributed by atoms with Gasteiger partial charge in [0.25, 0.3) is 0 Å². The SMILES string of the molecule is Cc1ccc(-c2nnc(CN3CCN(CC(=O)Nc4ccccc4Cl)CC3)o2)cc1. The fourth-order valence-corrected chi connectivity index (χ4v) is 3.57. The second-order valence-corrected chi connectivity index (χ2v) is 7.85. The average Bonchev–Trinajstić information content (AvgIpc) is 3.20. The lowest BCUT2D eigenvalue weighted by Crippen LogP contribution is -2.48. The molecule has 2 aromatic carbocycles. The molecular weight excluding hydrogens is 402 g/mol. The summed E-state index contributed by atoms with van der Waals surface area (Å²) < 4.78 is 5.83. The Kier molecular flexibility index (Phi) is 6.42.